The summed E-state index contributed by atoms with van der Waals surface area (Å²) in [5.74, 6) is -3.92. The number of amides is 4. The van der Waals surface area contributed by atoms with Crippen LogP contribution in [0.25, 0.3) is 0 Å². The molecule has 51 heavy (non-hydrogen) atoms. The number of benzene rings is 3. The van der Waals surface area contributed by atoms with Gasteiger partial charge in [0.15, 0.2) is 0 Å². The number of rotatable bonds is 13. The van der Waals surface area contributed by atoms with Gasteiger partial charge in [0.1, 0.15) is 6.04 Å². The Labute approximate surface area is 303 Å². The summed E-state index contributed by atoms with van der Waals surface area (Å²) in [6, 6.07) is 24.6. The molecule has 0 unspecified atom stereocenters. The highest BCUT2D eigenvalue weighted by Crippen LogP contribution is 2.37. The third kappa shape index (κ3) is 11.1. The van der Waals surface area contributed by atoms with E-state index in [1.165, 1.54) is 0 Å². The minimum atomic E-state index is -3.89. The van der Waals surface area contributed by atoms with Gasteiger partial charge in [-0.3, -0.25) is 23.9 Å². The minimum absolute atomic E-state index is 0.154. The lowest BCUT2D eigenvalue weighted by atomic mass is 9.86. The number of carbonyl (C=O) groups excluding carboxylic acids is 4. The fourth-order valence-electron chi connectivity index (χ4n) is 6.07. The second-order valence-corrected chi connectivity index (χ2v) is 21.2. The van der Waals surface area contributed by atoms with E-state index >= 15 is 0 Å². The first-order valence-corrected chi connectivity index (χ1v) is 20.7. The van der Waals surface area contributed by atoms with Gasteiger partial charge in [-0.15, -0.1) is 0 Å². The highest BCUT2D eigenvalue weighted by atomic mass is 32.2. The maximum Gasteiger partial charge on any atom is 0.313 e. The van der Waals surface area contributed by atoms with Gasteiger partial charge in [-0.1, -0.05) is 134 Å². The van der Waals surface area contributed by atoms with Crippen LogP contribution in [0.4, 0.5) is 5.69 Å². The van der Waals surface area contributed by atoms with E-state index in [4.69, 9.17) is 4.43 Å². The predicted molar refractivity (Wildman–Crippen MR) is 204 cm³/mol. The third-order valence-corrected chi connectivity index (χ3v) is 14.0. The first-order chi connectivity index (χ1) is 23.7. The molecule has 3 aromatic carbocycles. The highest BCUT2D eigenvalue weighted by Gasteiger charge is 2.50. The molecule has 3 rings (SSSR count). The van der Waals surface area contributed by atoms with Gasteiger partial charge in [0, 0.05) is 5.69 Å². The number of carbonyl (C=O) groups is 4. The zero-order valence-corrected chi connectivity index (χ0v) is 32.8. The maximum absolute atomic E-state index is 13.9. The molecule has 0 saturated carbocycles. The van der Waals surface area contributed by atoms with Crippen LogP contribution in [0.2, 0.25) is 5.04 Å². The summed E-state index contributed by atoms with van der Waals surface area (Å²) in [6.07, 6.45) is 0.437. The van der Waals surface area contributed by atoms with Crippen molar-refractivity contribution in [2.24, 2.45) is 5.92 Å². The molecule has 0 radical (unpaired) electrons. The van der Waals surface area contributed by atoms with Crippen LogP contribution in [0.15, 0.2) is 84.9 Å². The number of anilines is 1. The van der Waals surface area contributed by atoms with Crippen LogP contribution in [-0.4, -0.2) is 65.3 Å². The van der Waals surface area contributed by atoms with E-state index in [-0.39, 0.29) is 12.0 Å². The standard InChI is InChI=1S/C38H52N4O7SSi/c1-26(2)33(41-36(46)35(45)40-31-23-17-16-22-30(31)37(3,4)5)34(44)39-27(24-32(43)42-50(9,47)48)25-49-51(38(6,7)8,28-18-12-10-13-19-28)29-20-14-11-15-21-29/h10-23,26-27,33H,24-25H2,1-9H3,(H,39,44)(H,40,45)(H,41,46)(H,42,43)/t27-,33-/m0/s1. The number of para-hydroxylation sites is 1. The van der Waals surface area contributed by atoms with Gasteiger partial charge < -0.3 is 20.4 Å². The summed E-state index contributed by atoms with van der Waals surface area (Å²) in [7, 11) is -7.02. The van der Waals surface area contributed by atoms with E-state index in [0.29, 0.717) is 5.69 Å². The lowest BCUT2D eigenvalue weighted by Gasteiger charge is -2.43. The van der Waals surface area contributed by atoms with E-state index in [9.17, 15) is 27.6 Å². The summed E-state index contributed by atoms with van der Waals surface area (Å²) in [5, 5.41) is 9.55. The molecule has 0 aliphatic heterocycles. The number of hydrogen-bond donors (Lipinski definition) is 4. The van der Waals surface area contributed by atoms with Crippen LogP contribution in [-0.2, 0) is 39.0 Å². The molecule has 276 valence electrons. The Morgan fingerprint density at radius 1 is 0.745 bits per heavy atom. The summed E-state index contributed by atoms with van der Waals surface area (Å²) < 4.78 is 32.8. The Kier molecular flexibility index (Phi) is 13.5. The molecule has 0 bridgehead atoms. The predicted octanol–water partition coefficient (Wildman–Crippen LogP) is 3.59. The molecular formula is C38H52N4O7SSi. The third-order valence-electron chi connectivity index (χ3n) is 8.42. The fraction of sp³-hybridized carbons (Fsp3) is 0.421. The van der Waals surface area contributed by atoms with Crippen molar-refractivity contribution in [3.63, 3.8) is 0 Å². The number of sulfonamides is 1. The minimum Gasteiger partial charge on any atom is -0.405 e. The molecular weight excluding hydrogens is 685 g/mol. The molecule has 4 N–H and O–H groups in total. The molecule has 3 aromatic rings. The van der Waals surface area contributed by atoms with Gasteiger partial charge in [0.05, 0.1) is 25.3 Å². The molecule has 0 saturated heterocycles. The molecule has 13 heteroatoms. The molecule has 0 heterocycles. The smallest absolute Gasteiger partial charge is 0.313 e. The van der Waals surface area contributed by atoms with Crippen LogP contribution < -0.4 is 31.0 Å². The van der Waals surface area contributed by atoms with Crippen molar-refractivity contribution in [3.8, 4) is 0 Å². The Balaban J connectivity index is 1.93. The van der Waals surface area contributed by atoms with Crippen LogP contribution in [0.3, 0.4) is 0 Å². The molecule has 0 aromatic heterocycles. The Bertz CT molecular complexity index is 1750. The Morgan fingerprint density at radius 2 is 1.25 bits per heavy atom. The molecule has 2 atom stereocenters. The molecule has 0 spiro atoms. The second-order valence-electron chi connectivity index (χ2n) is 15.1. The molecule has 0 aliphatic carbocycles. The van der Waals surface area contributed by atoms with Gasteiger partial charge in [0.2, 0.25) is 21.8 Å². The van der Waals surface area contributed by atoms with Gasteiger partial charge >= 0.3 is 11.8 Å². The lowest BCUT2D eigenvalue weighted by molar-refractivity contribution is -0.138. The average molecular weight is 737 g/mol. The summed E-state index contributed by atoms with van der Waals surface area (Å²) >= 11 is 0. The van der Waals surface area contributed by atoms with E-state index < -0.39 is 71.4 Å². The maximum atomic E-state index is 13.9. The van der Waals surface area contributed by atoms with E-state index in [0.717, 1.165) is 22.2 Å². The fourth-order valence-corrected chi connectivity index (χ4v) is 11.2. The molecule has 0 aliphatic rings. The van der Waals surface area contributed by atoms with E-state index in [2.05, 4.69) is 36.7 Å². The lowest BCUT2D eigenvalue weighted by Crippen LogP contribution is -2.67. The number of hydrogen-bond acceptors (Lipinski definition) is 7. The molecule has 11 nitrogen and oxygen atoms in total. The topological polar surface area (TPSA) is 160 Å². The van der Waals surface area contributed by atoms with Crippen molar-refractivity contribution in [2.75, 3.05) is 18.2 Å². The van der Waals surface area contributed by atoms with Crippen molar-refractivity contribution in [1.29, 1.82) is 0 Å². The zero-order valence-electron chi connectivity index (χ0n) is 31.0. The van der Waals surface area contributed by atoms with Crippen LogP contribution in [0, 0.1) is 5.92 Å². The van der Waals surface area contributed by atoms with Crippen LogP contribution >= 0.6 is 0 Å². The molecule has 0 fully saturated rings. The first kappa shape index (κ1) is 41.1. The van der Waals surface area contributed by atoms with Crippen molar-refractivity contribution >= 4 is 58.0 Å². The van der Waals surface area contributed by atoms with Crippen molar-refractivity contribution in [2.45, 2.75) is 84.3 Å². The van der Waals surface area contributed by atoms with E-state index in [1.807, 2.05) is 98.3 Å². The van der Waals surface area contributed by atoms with Gasteiger partial charge in [-0.05, 0) is 38.4 Å². The normalized spacial score (nSPS) is 13.5. The zero-order chi connectivity index (χ0) is 38.2. The number of nitrogens with one attached hydrogen (secondary N) is 4. The van der Waals surface area contributed by atoms with Gasteiger partial charge in [-0.25, -0.2) is 8.42 Å². The first-order valence-electron chi connectivity index (χ1n) is 16.9. The summed E-state index contributed by atoms with van der Waals surface area (Å²) in [5.41, 5.74) is 1.00. The van der Waals surface area contributed by atoms with Gasteiger partial charge in [-0.2, -0.15) is 0 Å². The van der Waals surface area contributed by atoms with Gasteiger partial charge in [0.25, 0.3) is 8.32 Å². The largest absolute Gasteiger partial charge is 0.405 e. The molecule has 4 amide bonds. The summed E-state index contributed by atoms with van der Waals surface area (Å²) in [6.45, 7) is 15.5. The van der Waals surface area contributed by atoms with Crippen LogP contribution in [0.1, 0.15) is 67.4 Å². The van der Waals surface area contributed by atoms with E-state index in [1.54, 1.807) is 26.0 Å². The second kappa shape index (κ2) is 16.8. The highest BCUT2D eigenvalue weighted by molar-refractivity contribution is 7.89. The van der Waals surface area contributed by atoms with Crippen LogP contribution in [0.5, 0.6) is 0 Å². The quantitative estimate of drug-likeness (QED) is 0.154. The van der Waals surface area contributed by atoms with Crippen molar-refractivity contribution in [1.82, 2.24) is 15.4 Å². The SMILES string of the molecule is CC(C)[C@H](NC(=O)C(=O)Nc1ccccc1C(C)(C)C)C(=O)N[C@H](CO[Si](c1ccccc1)(c1ccccc1)C(C)(C)C)CC(=O)NS(C)(=O)=O. The Hall–Kier alpha value is -4.33. The average Bonchev–Trinajstić information content (AvgIpc) is 3.02. The summed E-state index contributed by atoms with van der Waals surface area (Å²) in [4.78, 5) is 53.1. The Morgan fingerprint density at radius 3 is 1.73 bits per heavy atom. The van der Waals surface area contributed by atoms with Crippen molar-refractivity contribution < 1.29 is 32.0 Å². The van der Waals surface area contributed by atoms with Crippen molar-refractivity contribution in [3.05, 3.63) is 90.5 Å². The monoisotopic (exact) mass is 736 g/mol.